The number of hydrogen-bond donors (Lipinski definition) is 0. The molecule has 1 saturated carbocycles. The van der Waals surface area contributed by atoms with E-state index in [1.54, 1.807) is 0 Å². The molecule has 3 aromatic rings. The first-order valence-corrected chi connectivity index (χ1v) is 8.32. The van der Waals surface area contributed by atoms with Crippen molar-refractivity contribution in [1.29, 1.82) is 0 Å². The molecular weight excluding hydrogens is 282 g/mol. The molecule has 1 aliphatic rings. The molecule has 1 aromatic heterocycles. The van der Waals surface area contributed by atoms with E-state index in [0.29, 0.717) is 0 Å². The van der Waals surface area contributed by atoms with Crippen molar-refractivity contribution in [2.75, 3.05) is 0 Å². The average Bonchev–Trinajstić information content (AvgIpc) is 3.41. The van der Waals surface area contributed by atoms with Crippen LogP contribution in [0.5, 0.6) is 5.75 Å². The highest BCUT2D eigenvalue weighted by atomic mass is 16.5. The van der Waals surface area contributed by atoms with Crippen molar-refractivity contribution in [3.05, 3.63) is 71.4 Å². The minimum Gasteiger partial charge on any atom is -0.486 e. The number of rotatable bonds is 4. The summed E-state index contributed by atoms with van der Waals surface area (Å²) in [6.45, 7) is 4.21. The second-order valence-corrected chi connectivity index (χ2v) is 6.51. The molecule has 0 amide bonds. The number of pyridine rings is 1. The molecule has 2 heteroatoms. The van der Waals surface area contributed by atoms with Crippen molar-refractivity contribution in [2.45, 2.75) is 38.7 Å². The second kappa shape index (κ2) is 5.69. The molecule has 1 fully saturated rings. The third-order valence-electron chi connectivity index (χ3n) is 4.70. The van der Waals surface area contributed by atoms with Gasteiger partial charge < -0.3 is 4.74 Å². The quantitative estimate of drug-likeness (QED) is 0.629. The van der Waals surface area contributed by atoms with E-state index in [1.807, 2.05) is 24.4 Å². The van der Waals surface area contributed by atoms with E-state index in [4.69, 9.17) is 4.74 Å². The molecule has 0 aliphatic heterocycles. The molecule has 0 N–H and O–H groups in total. The van der Waals surface area contributed by atoms with E-state index in [0.717, 1.165) is 22.6 Å². The average molecular weight is 303 g/mol. The van der Waals surface area contributed by atoms with Gasteiger partial charge in [0.1, 0.15) is 11.9 Å². The zero-order chi connectivity index (χ0) is 15.8. The lowest BCUT2D eigenvalue weighted by molar-refractivity contribution is 0.227. The number of benzene rings is 2. The molecular formula is C21H21NO. The predicted octanol–water partition coefficient (Wildman–Crippen LogP) is 5.56. The van der Waals surface area contributed by atoms with E-state index >= 15 is 0 Å². The lowest BCUT2D eigenvalue weighted by atomic mass is 10.1. The first-order valence-electron chi connectivity index (χ1n) is 8.32. The van der Waals surface area contributed by atoms with Gasteiger partial charge in [-0.15, -0.1) is 0 Å². The van der Waals surface area contributed by atoms with Crippen molar-refractivity contribution >= 4 is 10.9 Å². The number of ether oxygens (including phenoxy) is 1. The highest BCUT2D eigenvalue weighted by molar-refractivity contribution is 5.83. The van der Waals surface area contributed by atoms with Crippen LogP contribution in [0, 0.1) is 6.92 Å². The van der Waals surface area contributed by atoms with Crippen LogP contribution in [0.1, 0.15) is 48.5 Å². The Kier molecular flexibility index (Phi) is 3.53. The van der Waals surface area contributed by atoms with Gasteiger partial charge in [0.2, 0.25) is 0 Å². The SMILES string of the molecule is Cc1ccnc2ccc(OC(C)c3ccc(C4CC4)cc3)cc12. The smallest absolute Gasteiger partial charge is 0.121 e. The van der Waals surface area contributed by atoms with Crippen LogP contribution in [0.3, 0.4) is 0 Å². The maximum Gasteiger partial charge on any atom is 0.121 e. The zero-order valence-electron chi connectivity index (χ0n) is 13.6. The van der Waals surface area contributed by atoms with Gasteiger partial charge in [0.05, 0.1) is 5.52 Å². The Hall–Kier alpha value is -2.35. The van der Waals surface area contributed by atoms with Gasteiger partial charge in [-0.25, -0.2) is 0 Å². The number of nitrogens with zero attached hydrogens (tertiary/aromatic N) is 1. The van der Waals surface area contributed by atoms with Crippen LogP contribution in [0.15, 0.2) is 54.7 Å². The summed E-state index contributed by atoms with van der Waals surface area (Å²) in [6.07, 6.45) is 4.58. The molecule has 1 atom stereocenters. The summed E-state index contributed by atoms with van der Waals surface area (Å²) in [5, 5.41) is 1.15. The molecule has 2 aromatic carbocycles. The minimum absolute atomic E-state index is 0.0395. The van der Waals surface area contributed by atoms with Gasteiger partial charge in [0.15, 0.2) is 0 Å². The predicted molar refractivity (Wildman–Crippen MR) is 93.9 cm³/mol. The molecule has 1 unspecified atom stereocenters. The number of aromatic nitrogens is 1. The van der Waals surface area contributed by atoms with Gasteiger partial charge >= 0.3 is 0 Å². The molecule has 2 nitrogen and oxygen atoms in total. The maximum atomic E-state index is 6.15. The van der Waals surface area contributed by atoms with Gasteiger partial charge in [0, 0.05) is 11.6 Å². The second-order valence-electron chi connectivity index (χ2n) is 6.51. The third-order valence-corrected chi connectivity index (χ3v) is 4.70. The van der Waals surface area contributed by atoms with Crippen molar-refractivity contribution in [2.24, 2.45) is 0 Å². The van der Waals surface area contributed by atoms with E-state index in [1.165, 1.54) is 29.5 Å². The number of fused-ring (bicyclic) bond motifs is 1. The Morgan fingerprint density at radius 2 is 1.83 bits per heavy atom. The molecule has 0 bridgehead atoms. The van der Waals surface area contributed by atoms with Crippen molar-refractivity contribution in [1.82, 2.24) is 4.98 Å². The minimum atomic E-state index is 0.0395. The fourth-order valence-corrected chi connectivity index (χ4v) is 3.06. The van der Waals surface area contributed by atoms with E-state index in [2.05, 4.69) is 49.2 Å². The Morgan fingerprint density at radius 1 is 1.04 bits per heavy atom. The Morgan fingerprint density at radius 3 is 2.57 bits per heavy atom. The van der Waals surface area contributed by atoms with Crippen LogP contribution in [0.25, 0.3) is 10.9 Å². The van der Waals surface area contributed by atoms with Gasteiger partial charge in [-0.05, 0) is 73.6 Å². The van der Waals surface area contributed by atoms with Crippen molar-refractivity contribution < 1.29 is 4.74 Å². The summed E-state index contributed by atoms with van der Waals surface area (Å²) in [5.74, 6) is 1.70. The van der Waals surface area contributed by atoms with Crippen molar-refractivity contribution in [3.63, 3.8) is 0 Å². The molecule has 1 aliphatic carbocycles. The lowest BCUT2D eigenvalue weighted by Crippen LogP contribution is -2.03. The monoisotopic (exact) mass is 303 g/mol. The lowest BCUT2D eigenvalue weighted by Gasteiger charge is -2.16. The standard InChI is InChI=1S/C21H21NO/c1-14-11-12-22-21-10-9-19(13-20(14)21)23-15(2)16-3-5-17(6-4-16)18-7-8-18/h3-6,9-13,15,18H,7-8H2,1-2H3. The van der Waals surface area contributed by atoms with Gasteiger partial charge in [-0.1, -0.05) is 24.3 Å². The summed E-state index contributed by atoms with van der Waals surface area (Å²) >= 11 is 0. The van der Waals surface area contributed by atoms with Gasteiger partial charge in [0.25, 0.3) is 0 Å². The summed E-state index contributed by atoms with van der Waals surface area (Å²) in [4.78, 5) is 4.40. The van der Waals surface area contributed by atoms with Crippen LogP contribution in [0.2, 0.25) is 0 Å². The normalized spacial score (nSPS) is 15.6. The molecule has 0 saturated heterocycles. The van der Waals surface area contributed by atoms with Crippen LogP contribution in [-0.4, -0.2) is 4.98 Å². The fraction of sp³-hybridized carbons (Fsp3) is 0.286. The van der Waals surface area contributed by atoms with Crippen LogP contribution in [-0.2, 0) is 0 Å². The molecule has 4 rings (SSSR count). The highest BCUT2D eigenvalue weighted by Gasteiger charge is 2.23. The highest BCUT2D eigenvalue weighted by Crippen LogP contribution is 2.40. The maximum absolute atomic E-state index is 6.15. The zero-order valence-corrected chi connectivity index (χ0v) is 13.6. The van der Waals surface area contributed by atoms with Crippen LogP contribution >= 0.6 is 0 Å². The number of aryl methyl sites for hydroxylation is 1. The first kappa shape index (κ1) is 14.3. The van der Waals surface area contributed by atoms with Gasteiger partial charge in [-0.3, -0.25) is 4.98 Å². The van der Waals surface area contributed by atoms with Crippen molar-refractivity contribution in [3.8, 4) is 5.75 Å². The first-order chi connectivity index (χ1) is 11.2. The Labute approximate surface area is 137 Å². The third kappa shape index (κ3) is 2.94. The Bertz CT molecular complexity index is 834. The molecule has 1 heterocycles. The molecule has 0 spiro atoms. The van der Waals surface area contributed by atoms with Crippen LogP contribution < -0.4 is 4.74 Å². The molecule has 116 valence electrons. The largest absolute Gasteiger partial charge is 0.486 e. The summed E-state index contributed by atoms with van der Waals surface area (Å²) < 4.78 is 6.15. The summed E-state index contributed by atoms with van der Waals surface area (Å²) in [7, 11) is 0. The summed E-state index contributed by atoms with van der Waals surface area (Å²) in [6, 6.07) is 17.1. The topological polar surface area (TPSA) is 22.1 Å². The fourth-order valence-electron chi connectivity index (χ4n) is 3.06. The number of hydrogen-bond acceptors (Lipinski definition) is 2. The molecule has 23 heavy (non-hydrogen) atoms. The van der Waals surface area contributed by atoms with E-state index in [9.17, 15) is 0 Å². The van der Waals surface area contributed by atoms with Crippen LogP contribution in [0.4, 0.5) is 0 Å². The van der Waals surface area contributed by atoms with Gasteiger partial charge in [-0.2, -0.15) is 0 Å². The Balaban J connectivity index is 1.55. The van der Waals surface area contributed by atoms with E-state index in [-0.39, 0.29) is 6.10 Å². The van der Waals surface area contributed by atoms with E-state index < -0.39 is 0 Å². The summed E-state index contributed by atoms with van der Waals surface area (Å²) in [5.41, 5.74) is 4.92. The molecule has 0 radical (unpaired) electrons.